The Hall–Kier alpha value is -1.42. The van der Waals surface area contributed by atoms with Crippen LogP contribution >= 0.6 is 11.8 Å². The van der Waals surface area contributed by atoms with Gasteiger partial charge in [0.2, 0.25) is 0 Å². The van der Waals surface area contributed by atoms with Crippen LogP contribution in [0.2, 0.25) is 0 Å². The van der Waals surface area contributed by atoms with E-state index in [2.05, 4.69) is 4.98 Å². The Labute approximate surface area is 104 Å². The van der Waals surface area contributed by atoms with Gasteiger partial charge in [0.25, 0.3) is 5.91 Å². The number of amides is 1. The summed E-state index contributed by atoms with van der Waals surface area (Å²) in [5.74, 6) is 2.25. The largest absolute Gasteiger partial charge is 0.361 e. The fourth-order valence-corrected chi connectivity index (χ4v) is 3.10. The summed E-state index contributed by atoms with van der Waals surface area (Å²) < 4.78 is 0. The number of benzene rings is 1. The quantitative estimate of drug-likeness (QED) is 0.838. The van der Waals surface area contributed by atoms with Crippen LogP contribution in [0.25, 0.3) is 10.9 Å². The minimum Gasteiger partial charge on any atom is -0.361 e. The summed E-state index contributed by atoms with van der Waals surface area (Å²) in [6, 6.07) is 7.87. The number of hydrogen-bond acceptors (Lipinski definition) is 2. The van der Waals surface area contributed by atoms with Gasteiger partial charge in [0.1, 0.15) is 0 Å². The number of rotatable bonds is 1. The number of hydrogen-bond donors (Lipinski definition) is 1. The van der Waals surface area contributed by atoms with Gasteiger partial charge in [-0.25, -0.2) is 0 Å². The van der Waals surface area contributed by atoms with Crippen molar-refractivity contribution in [2.75, 3.05) is 24.6 Å². The van der Waals surface area contributed by atoms with Crippen LogP contribution in [0.4, 0.5) is 0 Å². The zero-order chi connectivity index (χ0) is 11.7. The third-order valence-electron chi connectivity index (χ3n) is 3.12. The lowest BCUT2D eigenvalue weighted by Gasteiger charge is -2.26. The molecule has 3 rings (SSSR count). The van der Waals surface area contributed by atoms with Crippen LogP contribution in [0, 0.1) is 0 Å². The summed E-state index contributed by atoms with van der Waals surface area (Å²) in [5.41, 5.74) is 1.75. The summed E-state index contributed by atoms with van der Waals surface area (Å²) >= 11 is 1.91. The summed E-state index contributed by atoms with van der Waals surface area (Å²) in [6.45, 7) is 1.72. The first-order chi connectivity index (χ1) is 8.36. The molecule has 0 atom stereocenters. The topological polar surface area (TPSA) is 36.1 Å². The Morgan fingerprint density at radius 1 is 1.24 bits per heavy atom. The number of carbonyl (C=O) groups excluding carboxylic acids is 1. The minimum absolute atomic E-state index is 0.151. The maximum atomic E-state index is 12.4. The highest BCUT2D eigenvalue weighted by atomic mass is 32.2. The second kappa shape index (κ2) is 4.45. The van der Waals surface area contributed by atoms with Crippen LogP contribution < -0.4 is 0 Å². The van der Waals surface area contributed by atoms with Gasteiger partial charge in [-0.05, 0) is 12.1 Å². The van der Waals surface area contributed by atoms with Crippen molar-refractivity contribution in [3.8, 4) is 0 Å². The molecule has 0 radical (unpaired) electrons. The number of carbonyl (C=O) groups is 1. The average molecular weight is 246 g/mol. The van der Waals surface area contributed by atoms with E-state index in [4.69, 9.17) is 0 Å². The molecule has 3 nitrogen and oxygen atoms in total. The van der Waals surface area contributed by atoms with E-state index in [1.807, 2.05) is 47.1 Å². The summed E-state index contributed by atoms with van der Waals surface area (Å²) in [5, 5.41) is 1.10. The molecule has 1 aromatic heterocycles. The monoisotopic (exact) mass is 246 g/mol. The summed E-state index contributed by atoms with van der Waals surface area (Å²) in [6.07, 6.45) is 1.88. The van der Waals surface area contributed by atoms with Gasteiger partial charge in [0, 0.05) is 36.2 Å². The number of nitrogens with zero attached hydrogens (tertiary/aromatic N) is 1. The van der Waals surface area contributed by atoms with Crippen molar-refractivity contribution >= 4 is 28.6 Å². The molecule has 17 heavy (non-hydrogen) atoms. The number of nitrogens with one attached hydrogen (secondary N) is 1. The van der Waals surface area contributed by atoms with Gasteiger partial charge < -0.3 is 9.88 Å². The highest BCUT2D eigenvalue weighted by molar-refractivity contribution is 7.99. The van der Waals surface area contributed by atoms with Crippen molar-refractivity contribution in [2.45, 2.75) is 0 Å². The zero-order valence-corrected chi connectivity index (χ0v) is 10.3. The molecule has 88 valence electrons. The van der Waals surface area contributed by atoms with Crippen molar-refractivity contribution in [1.29, 1.82) is 0 Å². The Morgan fingerprint density at radius 3 is 2.88 bits per heavy atom. The van der Waals surface area contributed by atoms with Crippen LogP contribution in [0.1, 0.15) is 10.4 Å². The van der Waals surface area contributed by atoms with Crippen molar-refractivity contribution < 1.29 is 4.79 Å². The molecular formula is C13H14N2OS. The smallest absolute Gasteiger partial charge is 0.256 e. The van der Waals surface area contributed by atoms with Crippen LogP contribution in [0.15, 0.2) is 30.5 Å². The van der Waals surface area contributed by atoms with E-state index in [1.54, 1.807) is 0 Å². The standard InChI is InChI=1S/C13H14N2OS/c16-13(15-6-8-17-9-7-15)11-3-1-2-10-4-5-14-12(10)11/h1-5,14H,6-9H2. The molecule has 0 saturated carbocycles. The van der Waals surface area contributed by atoms with Crippen molar-refractivity contribution in [1.82, 2.24) is 9.88 Å². The van der Waals surface area contributed by atoms with Crippen molar-refractivity contribution in [3.05, 3.63) is 36.0 Å². The van der Waals surface area contributed by atoms with Gasteiger partial charge in [0.15, 0.2) is 0 Å². The molecule has 2 heterocycles. The van der Waals surface area contributed by atoms with Gasteiger partial charge in [-0.2, -0.15) is 11.8 Å². The number of thioether (sulfide) groups is 1. The molecule has 2 aromatic rings. The lowest BCUT2D eigenvalue weighted by Crippen LogP contribution is -2.37. The second-order valence-corrected chi connectivity index (χ2v) is 5.38. The maximum absolute atomic E-state index is 12.4. The van der Waals surface area contributed by atoms with Gasteiger partial charge >= 0.3 is 0 Å². The predicted molar refractivity (Wildman–Crippen MR) is 71.5 cm³/mol. The fourth-order valence-electron chi connectivity index (χ4n) is 2.20. The lowest BCUT2D eigenvalue weighted by atomic mass is 10.1. The van der Waals surface area contributed by atoms with Crippen molar-refractivity contribution in [2.24, 2.45) is 0 Å². The normalized spacial score (nSPS) is 16.4. The highest BCUT2D eigenvalue weighted by Crippen LogP contribution is 2.20. The number of para-hydroxylation sites is 1. The minimum atomic E-state index is 0.151. The Bertz CT molecular complexity index is 543. The van der Waals surface area contributed by atoms with E-state index in [0.29, 0.717) is 0 Å². The summed E-state index contributed by atoms with van der Waals surface area (Å²) in [7, 11) is 0. The van der Waals surface area contributed by atoms with Gasteiger partial charge in [-0.3, -0.25) is 4.79 Å². The molecule has 1 amide bonds. The first-order valence-corrected chi connectivity index (χ1v) is 6.95. The molecule has 0 unspecified atom stereocenters. The SMILES string of the molecule is O=C(c1cccc2cc[nH]c12)N1CCSCC1. The molecule has 0 bridgehead atoms. The molecule has 0 spiro atoms. The number of aromatic nitrogens is 1. The van der Waals surface area contributed by atoms with E-state index in [1.165, 1.54) is 0 Å². The van der Waals surface area contributed by atoms with Gasteiger partial charge in [0.05, 0.1) is 11.1 Å². The predicted octanol–water partition coefficient (Wildman–Crippen LogP) is 2.36. The first kappa shape index (κ1) is 10.7. The molecule has 0 aliphatic carbocycles. The Morgan fingerprint density at radius 2 is 2.06 bits per heavy atom. The van der Waals surface area contributed by atoms with Gasteiger partial charge in [-0.15, -0.1) is 0 Å². The third-order valence-corrected chi connectivity index (χ3v) is 4.06. The second-order valence-electron chi connectivity index (χ2n) is 4.15. The third kappa shape index (κ3) is 1.93. The number of aromatic amines is 1. The van der Waals surface area contributed by atoms with Crippen LogP contribution in [-0.4, -0.2) is 40.4 Å². The summed E-state index contributed by atoms with van der Waals surface area (Å²) in [4.78, 5) is 17.5. The fraction of sp³-hybridized carbons (Fsp3) is 0.308. The van der Waals surface area contributed by atoms with E-state index in [9.17, 15) is 4.79 Å². The molecule has 1 N–H and O–H groups in total. The van der Waals surface area contributed by atoms with E-state index in [-0.39, 0.29) is 5.91 Å². The van der Waals surface area contributed by atoms with E-state index < -0.39 is 0 Å². The molecule has 1 aromatic carbocycles. The molecular weight excluding hydrogens is 232 g/mol. The Balaban J connectivity index is 1.97. The molecule has 4 heteroatoms. The highest BCUT2D eigenvalue weighted by Gasteiger charge is 2.20. The number of H-pyrrole nitrogens is 1. The van der Waals surface area contributed by atoms with Gasteiger partial charge in [-0.1, -0.05) is 12.1 Å². The van der Waals surface area contributed by atoms with Crippen LogP contribution in [0.5, 0.6) is 0 Å². The number of fused-ring (bicyclic) bond motifs is 1. The van der Waals surface area contributed by atoms with E-state index >= 15 is 0 Å². The maximum Gasteiger partial charge on any atom is 0.256 e. The van der Waals surface area contributed by atoms with Crippen LogP contribution in [-0.2, 0) is 0 Å². The Kier molecular flexibility index (Phi) is 2.81. The van der Waals surface area contributed by atoms with E-state index in [0.717, 1.165) is 41.1 Å². The lowest BCUT2D eigenvalue weighted by molar-refractivity contribution is 0.0774. The average Bonchev–Trinajstić information content (AvgIpc) is 2.87. The zero-order valence-electron chi connectivity index (χ0n) is 9.48. The van der Waals surface area contributed by atoms with Crippen molar-refractivity contribution in [3.63, 3.8) is 0 Å². The van der Waals surface area contributed by atoms with Crippen LogP contribution in [0.3, 0.4) is 0 Å². The molecule has 1 saturated heterocycles. The molecule has 1 fully saturated rings. The first-order valence-electron chi connectivity index (χ1n) is 5.79. The molecule has 1 aliphatic rings. The molecule has 1 aliphatic heterocycles.